The molecular weight excluding hydrogens is 318 g/mol. The van der Waals surface area contributed by atoms with Gasteiger partial charge in [-0.05, 0) is 32.2 Å². The molecule has 1 saturated carbocycles. The predicted octanol–water partition coefficient (Wildman–Crippen LogP) is 0.511. The van der Waals surface area contributed by atoms with E-state index in [1.54, 1.807) is 0 Å². The van der Waals surface area contributed by atoms with Gasteiger partial charge >= 0.3 is 6.03 Å². The normalized spacial score (nSPS) is 24.5. The van der Waals surface area contributed by atoms with E-state index in [4.69, 9.17) is 0 Å². The number of sulfone groups is 1. The quantitative estimate of drug-likeness (QED) is 0.757. The van der Waals surface area contributed by atoms with Crippen molar-refractivity contribution in [1.82, 2.24) is 15.5 Å². The summed E-state index contributed by atoms with van der Waals surface area (Å²) in [5, 5.41) is 4.83. The van der Waals surface area contributed by atoms with Gasteiger partial charge in [0.25, 0.3) is 0 Å². The molecule has 1 saturated heterocycles. The minimum atomic E-state index is -3.04. The number of rotatable bonds is 5. The summed E-state index contributed by atoms with van der Waals surface area (Å²) in [6.07, 6.45) is 6.66. The Morgan fingerprint density at radius 3 is 2.43 bits per heavy atom. The SMILES string of the molecule is CN(CC(=O)NC(=O)NC1CCS(=O)(=O)C1)CC1CCCCC1. The third kappa shape index (κ3) is 6.47. The largest absolute Gasteiger partial charge is 0.334 e. The van der Waals surface area contributed by atoms with Gasteiger partial charge in [0.05, 0.1) is 18.1 Å². The van der Waals surface area contributed by atoms with Crippen LogP contribution in [0.15, 0.2) is 0 Å². The topological polar surface area (TPSA) is 95.6 Å². The second-order valence-corrected chi connectivity index (χ2v) is 9.05. The second kappa shape index (κ2) is 8.10. The van der Waals surface area contributed by atoms with Crippen LogP contribution in [-0.4, -0.2) is 62.9 Å². The van der Waals surface area contributed by atoms with Gasteiger partial charge in [-0.2, -0.15) is 0 Å². The average molecular weight is 345 g/mol. The number of hydrogen-bond acceptors (Lipinski definition) is 5. The highest BCUT2D eigenvalue weighted by Gasteiger charge is 2.29. The lowest BCUT2D eigenvalue weighted by atomic mass is 9.89. The fraction of sp³-hybridized carbons (Fsp3) is 0.867. The lowest BCUT2D eigenvalue weighted by Crippen LogP contribution is -2.47. The van der Waals surface area contributed by atoms with E-state index in [0.717, 1.165) is 6.54 Å². The fourth-order valence-electron chi connectivity index (χ4n) is 3.42. The molecule has 1 unspecified atom stereocenters. The van der Waals surface area contributed by atoms with Gasteiger partial charge in [0.15, 0.2) is 9.84 Å². The highest BCUT2D eigenvalue weighted by molar-refractivity contribution is 7.91. The van der Waals surface area contributed by atoms with E-state index in [1.165, 1.54) is 32.1 Å². The molecule has 2 fully saturated rings. The molecule has 8 heteroatoms. The van der Waals surface area contributed by atoms with Crippen molar-refractivity contribution in [3.8, 4) is 0 Å². The molecule has 1 aliphatic heterocycles. The summed E-state index contributed by atoms with van der Waals surface area (Å²) in [5.74, 6) is 0.326. The number of nitrogens with one attached hydrogen (secondary N) is 2. The van der Waals surface area contributed by atoms with Crippen LogP contribution in [-0.2, 0) is 14.6 Å². The van der Waals surface area contributed by atoms with Gasteiger partial charge in [-0.15, -0.1) is 0 Å². The van der Waals surface area contributed by atoms with Crippen LogP contribution in [0, 0.1) is 5.92 Å². The summed E-state index contributed by atoms with van der Waals surface area (Å²) in [6.45, 7) is 1.04. The fourth-order valence-corrected chi connectivity index (χ4v) is 5.09. The molecule has 23 heavy (non-hydrogen) atoms. The summed E-state index contributed by atoms with van der Waals surface area (Å²) in [7, 11) is -1.16. The maximum absolute atomic E-state index is 11.9. The van der Waals surface area contributed by atoms with Crippen molar-refractivity contribution in [2.24, 2.45) is 5.92 Å². The summed E-state index contributed by atoms with van der Waals surface area (Å²) in [5.41, 5.74) is 0. The number of carbonyl (C=O) groups excluding carboxylic acids is 2. The Kier molecular flexibility index (Phi) is 6.41. The molecule has 2 rings (SSSR count). The van der Waals surface area contributed by atoms with Crippen LogP contribution in [0.3, 0.4) is 0 Å². The van der Waals surface area contributed by atoms with Crippen LogP contribution in [0.5, 0.6) is 0 Å². The molecule has 0 radical (unpaired) electrons. The van der Waals surface area contributed by atoms with Gasteiger partial charge in [-0.1, -0.05) is 19.3 Å². The molecule has 1 heterocycles. The summed E-state index contributed by atoms with van der Waals surface area (Å²) >= 11 is 0. The number of urea groups is 1. The van der Waals surface area contributed by atoms with Gasteiger partial charge in [0, 0.05) is 12.6 Å². The highest BCUT2D eigenvalue weighted by atomic mass is 32.2. The summed E-state index contributed by atoms with van der Waals surface area (Å²) < 4.78 is 22.7. The average Bonchev–Trinajstić information content (AvgIpc) is 2.78. The van der Waals surface area contributed by atoms with Crippen LogP contribution < -0.4 is 10.6 Å². The van der Waals surface area contributed by atoms with E-state index in [2.05, 4.69) is 10.6 Å². The van der Waals surface area contributed by atoms with Crippen molar-refractivity contribution in [2.75, 3.05) is 31.6 Å². The predicted molar refractivity (Wildman–Crippen MR) is 87.8 cm³/mol. The Morgan fingerprint density at radius 1 is 1.13 bits per heavy atom. The van der Waals surface area contributed by atoms with Gasteiger partial charge in [0.1, 0.15) is 0 Å². The van der Waals surface area contributed by atoms with Crippen molar-refractivity contribution in [1.29, 1.82) is 0 Å². The number of nitrogens with zero attached hydrogens (tertiary/aromatic N) is 1. The summed E-state index contributed by atoms with van der Waals surface area (Å²) in [6, 6.07) is -1.00. The Labute approximate surface area is 138 Å². The lowest BCUT2D eigenvalue weighted by Gasteiger charge is -2.26. The highest BCUT2D eigenvalue weighted by Crippen LogP contribution is 2.23. The van der Waals surface area contributed by atoms with Crippen molar-refractivity contribution in [3.63, 3.8) is 0 Å². The molecule has 2 N–H and O–H groups in total. The first-order valence-corrected chi connectivity index (χ1v) is 10.2. The molecular formula is C15H27N3O4S. The minimum Gasteiger partial charge on any atom is -0.334 e. The second-order valence-electron chi connectivity index (χ2n) is 6.82. The Bertz CT molecular complexity index is 529. The Hall–Kier alpha value is -1.15. The van der Waals surface area contributed by atoms with Gasteiger partial charge in [-0.25, -0.2) is 13.2 Å². The number of likely N-dealkylation sites (N-methyl/N-ethyl adjacent to an activating group) is 1. The van der Waals surface area contributed by atoms with Gasteiger partial charge in [0.2, 0.25) is 5.91 Å². The van der Waals surface area contributed by atoms with Crippen molar-refractivity contribution in [2.45, 2.75) is 44.6 Å². The molecule has 7 nitrogen and oxygen atoms in total. The standard InChI is InChI=1S/C15H27N3O4S/c1-18(9-12-5-3-2-4-6-12)10-14(19)17-15(20)16-13-7-8-23(21,22)11-13/h12-13H,2-11H2,1H3,(H2,16,17,19,20). The van der Waals surface area contributed by atoms with Gasteiger partial charge < -0.3 is 5.32 Å². The van der Waals surface area contributed by atoms with E-state index in [9.17, 15) is 18.0 Å². The van der Waals surface area contributed by atoms with Crippen LogP contribution in [0.25, 0.3) is 0 Å². The van der Waals surface area contributed by atoms with E-state index >= 15 is 0 Å². The Balaban J connectivity index is 1.66. The number of hydrogen-bond donors (Lipinski definition) is 2. The molecule has 132 valence electrons. The zero-order valence-electron chi connectivity index (χ0n) is 13.7. The molecule has 0 bridgehead atoms. The molecule has 0 aromatic heterocycles. The van der Waals surface area contributed by atoms with Gasteiger partial charge in [-0.3, -0.25) is 15.0 Å². The zero-order chi connectivity index (χ0) is 16.9. The molecule has 3 amide bonds. The molecule has 0 spiro atoms. The van der Waals surface area contributed by atoms with E-state index in [0.29, 0.717) is 12.3 Å². The van der Waals surface area contributed by atoms with Crippen molar-refractivity contribution < 1.29 is 18.0 Å². The monoisotopic (exact) mass is 345 g/mol. The number of amides is 3. The zero-order valence-corrected chi connectivity index (χ0v) is 14.5. The molecule has 0 aromatic carbocycles. The maximum Gasteiger partial charge on any atom is 0.321 e. The van der Waals surface area contributed by atoms with Crippen LogP contribution in [0.2, 0.25) is 0 Å². The first-order valence-electron chi connectivity index (χ1n) is 8.33. The Morgan fingerprint density at radius 2 is 1.83 bits per heavy atom. The third-order valence-corrected chi connectivity index (χ3v) is 6.30. The first kappa shape index (κ1) is 18.2. The third-order valence-electron chi connectivity index (χ3n) is 4.53. The molecule has 1 atom stereocenters. The minimum absolute atomic E-state index is 0.0454. The molecule has 2 aliphatic rings. The van der Waals surface area contributed by atoms with E-state index in [1.807, 2.05) is 11.9 Å². The smallest absolute Gasteiger partial charge is 0.321 e. The number of imide groups is 1. The maximum atomic E-state index is 11.9. The number of carbonyl (C=O) groups is 2. The van der Waals surface area contributed by atoms with Crippen molar-refractivity contribution >= 4 is 21.8 Å². The lowest BCUT2D eigenvalue weighted by molar-refractivity contribution is -0.121. The molecule has 1 aliphatic carbocycles. The van der Waals surface area contributed by atoms with E-state index in [-0.39, 0.29) is 24.0 Å². The van der Waals surface area contributed by atoms with Crippen LogP contribution in [0.1, 0.15) is 38.5 Å². The molecule has 0 aromatic rings. The van der Waals surface area contributed by atoms with E-state index < -0.39 is 21.9 Å². The summed E-state index contributed by atoms with van der Waals surface area (Å²) in [4.78, 5) is 25.6. The van der Waals surface area contributed by atoms with Crippen LogP contribution >= 0.6 is 0 Å². The first-order chi connectivity index (χ1) is 10.8. The van der Waals surface area contributed by atoms with Crippen molar-refractivity contribution in [3.05, 3.63) is 0 Å². The van der Waals surface area contributed by atoms with Crippen LogP contribution in [0.4, 0.5) is 4.79 Å².